The van der Waals surface area contributed by atoms with Crippen LogP contribution in [0.25, 0.3) is 11.2 Å². The summed E-state index contributed by atoms with van der Waals surface area (Å²) in [5, 5.41) is 8.83. The van der Waals surface area contributed by atoms with Crippen LogP contribution in [0.1, 0.15) is 6.42 Å². The number of H-pyrrole nitrogens is 1. The number of anilines is 1. The number of rotatable bonds is 4. The van der Waals surface area contributed by atoms with E-state index in [-0.39, 0.29) is 23.6 Å². The van der Waals surface area contributed by atoms with Crippen molar-refractivity contribution in [3.63, 3.8) is 0 Å². The zero-order chi connectivity index (χ0) is 13.1. The molecule has 4 N–H and O–H groups in total. The molecule has 2 aromatic heterocycles. The number of imidazole rings is 1. The first kappa shape index (κ1) is 12.2. The Kier molecular flexibility index (Phi) is 3.38. The molecule has 0 atom stereocenters. The van der Waals surface area contributed by atoms with E-state index in [0.29, 0.717) is 24.9 Å². The van der Waals surface area contributed by atoms with Crippen LogP contribution in [0.2, 0.25) is 0 Å². The summed E-state index contributed by atoms with van der Waals surface area (Å²) in [6.45, 7) is 0.00197. The second-order valence-electron chi connectivity index (χ2n) is 3.74. The van der Waals surface area contributed by atoms with E-state index in [1.54, 1.807) is 4.57 Å². The standard InChI is InChI=1S/C10H12FN5O2/c11-3-6(4-17)1-2-16-5-13-7-8(16)14-10(12)15-9(7)18/h3,5,17H,1-2,4H2,(H3,12,14,15,18). The minimum atomic E-state index is -0.417. The van der Waals surface area contributed by atoms with Gasteiger partial charge in [-0.3, -0.25) is 9.78 Å². The van der Waals surface area contributed by atoms with Gasteiger partial charge in [0.15, 0.2) is 11.2 Å². The van der Waals surface area contributed by atoms with E-state index in [4.69, 9.17) is 10.8 Å². The van der Waals surface area contributed by atoms with E-state index in [1.165, 1.54) is 6.33 Å². The maximum atomic E-state index is 12.3. The van der Waals surface area contributed by atoms with E-state index in [2.05, 4.69) is 15.0 Å². The van der Waals surface area contributed by atoms with Crippen molar-refractivity contribution in [2.75, 3.05) is 12.3 Å². The molecule has 0 saturated carbocycles. The van der Waals surface area contributed by atoms with Crippen LogP contribution in [-0.2, 0) is 6.54 Å². The number of fused-ring (bicyclic) bond motifs is 1. The van der Waals surface area contributed by atoms with Crippen LogP contribution in [0.5, 0.6) is 0 Å². The molecule has 0 saturated heterocycles. The molecule has 2 aromatic rings. The predicted octanol–water partition coefficient (Wildman–Crippen LogP) is -0.0624. The molecule has 0 aliphatic rings. The second kappa shape index (κ2) is 4.96. The van der Waals surface area contributed by atoms with Crippen LogP contribution in [0.4, 0.5) is 10.3 Å². The number of aromatic amines is 1. The second-order valence-corrected chi connectivity index (χ2v) is 3.74. The molecule has 0 unspecified atom stereocenters. The van der Waals surface area contributed by atoms with Gasteiger partial charge in [-0.1, -0.05) is 0 Å². The Labute approximate surface area is 101 Å². The Morgan fingerprint density at radius 3 is 3.11 bits per heavy atom. The summed E-state index contributed by atoms with van der Waals surface area (Å²) >= 11 is 0. The number of halogens is 1. The summed E-state index contributed by atoms with van der Waals surface area (Å²) in [4.78, 5) is 21.7. The number of aryl methyl sites for hydroxylation is 1. The van der Waals surface area contributed by atoms with Gasteiger partial charge in [-0.2, -0.15) is 4.98 Å². The highest BCUT2D eigenvalue weighted by Gasteiger charge is 2.09. The van der Waals surface area contributed by atoms with Crippen molar-refractivity contribution in [1.82, 2.24) is 19.5 Å². The van der Waals surface area contributed by atoms with Crippen LogP contribution >= 0.6 is 0 Å². The minimum absolute atomic E-state index is 0.00216. The van der Waals surface area contributed by atoms with Crippen molar-refractivity contribution in [2.24, 2.45) is 0 Å². The Morgan fingerprint density at radius 1 is 1.67 bits per heavy atom. The van der Waals surface area contributed by atoms with Crippen LogP contribution in [0.3, 0.4) is 0 Å². The Balaban J connectivity index is 2.32. The van der Waals surface area contributed by atoms with E-state index in [9.17, 15) is 9.18 Å². The van der Waals surface area contributed by atoms with Gasteiger partial charge in [0.25, 0.3) is 5.56 Å². The van der Waals surface area contributed by atoms with Crippen molar-refractivity contribution in [2.45, 2.75) is 13.0 Å². The first-order valence-corrected chi connectivity index (χ1v) is 5.25. The van der Waals surface area contributed by atoms with Gasteiger partial charge in [0, 0.05) is 6.54 Å². The number of aliphatic hydroxyl groups is 1. The quantitative estimate of drug-likeness (QED) is 0.707. The van der Waals surface area contributed by atoms with E-state index < -0.39 is 5.56 Å². The molecule has 18 heavy (non-hydrogen) atoms. The summed E-state index contributed by atoms with van der Waals surface area (Å²) in [5.41, 5.74) is 5.80. The SMILES string of the molecule is Nc1nc2c(ncn2CCC(=CF)CO)c(=O)[nH]1. The molecule has 2 rings (SSSR count). The predicted molar refractivity (Wildman–Crippen MR) is 63.5 cm³/mol. The van der Waals surface area contributed by atoms with Gasteiger partial charge in [0.2, 0.25) is 5.95 Å². The van der Waals surface area contributed by atoms with Gasteiger partial charge < -0.3 is 15.4 Å². The van der Waals surface area contributed by atoms with Crippen molar-refractivity contribution in [1.29, 1.82) is 0 Å². The van der Waals surface area contributed by atoms with Gasteiger partial charge in [0.1, 0.15) is 0 Å². The smallest absolute Gasteiger partial charge is 0.280 e. The first-order valence-electron chi connectivity index (χ1n) is 5.25. The first-order chi connectivity index (χ1) is 8.65. The molecule has 0 aromatic carbocycles. The van der Waals surface area contributed by atoms with Crippen molar-refractivity contribution in [3.8, 4) is 0 Å². The summed E-state index contributed by atoms with van der Waals surface area (Å²) in [5.74, 6) is -0.00216. The highest BCUT2D eigenvalue weighted by molar-refractivity contribution is 5.70. The maximum absolute atomic E-state index is 12.3. The molecule has 0 aliphatic carbocycles. The van der Waals surface area contributed by atoms with Crippen molar-refractivity contribution < 1.29 is 9.50 Å². The van der Waals surface area contributed by atoms with E-state index in [0.717, 1.165) is 0 Å². The molecule has 7 nitrogen and oxygen atoms in total. The van der Waals surface area contributed by atoms with Crippen LogP contribution < -0.4 is 11.3 Å². The molecule has 96 valence electrons. The van der Waals surface area contributed by atoms with Gasteiger partial charge in [-0.15, -0.1) is 0 Å². The highest BCUT2D eigenvalue weighted by Crippen LogP contribution is 2.10. The van der Waals surface area contributed by atoms with Gasteiger partial charge in [-0.25, -0.2) is 9.37 Å². The Bertz CT molecular complexity index is 645. The normalized spacial score (nSPS) is 12.2. The third-order valence-electron chi connectivity index (χ3n) is 2.52. The number of aromatic nitrogens is 4. The zero-order valence-electron chi connectivity index (χ0n) is 9.43. The fourth-order valence-corrected chi connectivity index (χ4v) is 1.57. The van der Waals surface area contributed by atoms with Crippen LogP contribution in [-0.4, -0.2) is 31.2 Å². The number of hydrogen-bond acceptors (Lipinski definition) is 5. The minimum Gasteiger partial charge on any atom is -0.392 e. The molecule has 0 spiro atoms. The van der Waals surface area contributed by atoms with E-state index >= 15 is 0 Å². The Hall–Kier alpha value is -2.22. The molecule has 0 fully saturated rings. The lowest BCUT2D eigenvalue weighted by atomic mass is 10.2. The monoisotopic (exact) mass is 253 g/mol. The number of aliphatic hydroxyl groups excluding tert-OH is 1. The molecule has 0 radical (unpaired) electrons. The highest BCUT2D eigenvalue weighted by atomic mass is 19.1. The lowest BCUT2D eigenvalue weighted by Gasteiger charge is -2.04. The molecule has 0 bridgehead atoms. The molecule has 2 heterocycles. The lowest BCUT2D eigenvalue weighted by molar-refractivity contribution is 0.322. The zero-order valence-corrected chi connectivity index (χ0v) is 9.43. The number of nitrogens with two attached hydrogens (primary N) is 1. The summed E-state index contributed by atoms with van der Waals surface area (Å²) in [6, 6.07) is 0. The molecule has 8 heteroatoms. The van der Waals surface area contributed by atoms with Gasteiger partial charge in [-0.05, 0) is 12.0 Å². The molecular weight excluding hydrogens is 241 g/mol. The average molecular weight is 253 g/mol. The number of nitrogens with one attached hydrogen (secondary N) is 1. The maximum Gasteiger partial charge on any atom is 0.280 e. The third kappa shape index (κ3) is 2.23. The number of hydrogen-bond donors (Lipinski definition) is 3. The van der Waals surface area contributed by atoms with Crippen LogP contribution in [0.15, 0.2) is 23.0 Å². The fraction of sp³-hybridized carbons (Fsp3) is 0.300. The fourth-order valence-electron chi connectivity index (χ4n) is 1.57. The molecule has 0 amide bonds. The topological polar surface area (TPSA) is 110 Å². The van der Waals surface area contributed by atoms with Gasteiger partial charge >= 0.3 is 0 Å². The van der Waals surface area contributed by atoms with Crippen molar-refractivity contribution in [3.05, 3.63) is 28.6 Å². The van der Waals surface area contributed by atoms with Crippen molar-refractivity contribution >= 4 is 17.1 Å². The van der Waals surface area contributed by atoms with E-state index in [1.807, 2.05) is 0 Å². The lowest BCUT2D eigenvalue weighted by Crippen LogP contribution is -2.12. The molecule has 0 aliphatic heterocycles. The number of nitrogen functional groups attached to an aromatic ring is 1. The summed E-state index contributed by atoms with van der Waals surface area (Å²) < 4.78 is 13.9. The van der Waals surface area contributed by atoms with Crippen LogP contribution in [0, 0.1) is 0 Å². The Morgan fingerprint density at radius 2 is 2.44 bits per heavy atom. The van der Waals surface area contributed by atoms with Gasteiger partial charge in [0.05, 0.1) is 19.3 Å². The third-order valence-corrected chi connectivity index (χ3v) is 2.52. The molecular formula is C10H12FN5O2. The average Bonchev–Trinajstić information content (AvgIpc) is 2.74. The summed E-state index contributed by atoms with van der Waals surface area (Å²) in [7, 11) is 0. The largest absolute Gasteiger partial charge is 0.392 e. The summed E-state index contributed by atoms with van der Waals surface area (Å²) in [6.07, 6.45) is 2.10. The number of nitrogens with zero attached hydrogens (tertiary/aromatic N) is 3.